The second kappa shape index (κ2) is 7.86. The highest BCUT2D eigenvalue weighted by molar-refractivity contribution is 7.88. The number of benzene rings is 1. The molecule has 0 aliphatic carbocycles. The third-order valence-corrected chi connectivity index (χ3v) is 5.88. The van der Waals surface area contributed by atoms with E-state index in [0.717, 1.165) is 34.1 Å². The lowest BCUT2D eigenvalue weighted by Gasteiger charge is -2.18. The Hall–Kier alpha value is -2.98. The first-order valence-corrected chi connectivity index (χ1v) is 12.3. The smallest absolute Gasteiger partial charge is 0.208 e. The molecule has 3 heterocycles. The molecule has 0 radical (unpaired) electrons. The molecule has 1 N–H and O–H groups in total. The summed E-state index contributed by atoms with van der Waals surface area (Å²) in [7, 11) is -3.29. The van der Waals surface area contributed by atoms with E-state index in [1.807, 2.05) is 38.1 Å². The van der Waals surface area contributed by atoms with E-state index in [0.29, 0.717) is 17.4 Å². The van der Waals surface area contributed by atoms with Crippen molar-refractivity contribution in [1.29, 1.82) is 0 Å². The minimum absolute atomic E-state index is 0.210. The van der Waals surface area contributed by atoms with Gasteiger partial charge < -0.3 is 0 Å². The fraction of sp³-hybridized carbons (Fsp3) is 0.409. The molecule has 0 bridgehead atoms. The number of hydrogen-bond donors (Lipinski definition) is 1. The van der Waals surface area contributed by atoms with Gasteiger partial charge in [-0.05, 0) is 30.7 Å². The number of sulfonamides is 1. The molecular weight excluding hydrogens is 426 g/mol. The standard InChI is InChI=1S/C22H27N7O2S/c1-13-10-17-15(8-7-9-23-17)11-16(13)25-18-19(22(3,4)5)27-29-21(18)26-20(28-29)14(2)12-24-32(6,30)31/h7-11,14,24H,12H2,1-6H3/b25-18-. The Bertz CT molecular complexity index is 1360. The topological polar surface area (TPSA) is 114 Å². The molecule has 0 spiro atoms. The molecule has 10 heteroatoms. The summed E-state index contributed by atoms with van der Waals surface area (Å²) in [6.45, 7) is 10.3. The molecule has 1 aliphatic rings. The van der Waals surface area contributed by atoms with Gasteiger partial charge in [0.25, 0.3) is 0 Å². The van der Waals surface area contributed by atoms with Gasteiger partial charge in [0.15, 0.2) is 5.82 Å². The highest BCUT2D eigenvalue weighted by atomic mass is 32.2. The van der Waals surface area contributed by atoms with Gasteiger partial charge in [-0.3, -0.25) is 4.98 Å². The van der Waals surface area contributed by atoms with Gasteiger partial charge in [0.1, 0.15) is 5.71 Å². The minimum atomic E-state index is -3.29. The number of fused-ring (bicyclic) bond motifs is 2. The maximum atomic E-state index is 11.4. The van der Waals surface area contributed by atoms with Crippen LogP contribution in [0.1, 0.15) is 50.8 Å². The Morgan fingerprint density at radius 1 is 1.25 bits per heavy atom. The average molecular weight is 454 g/mol. The highest BCUT2D eigenvalue weighted by Gasteiger charge is 2.35. The molecule has 0 fully saturated rings. The van der Waals surface area contributed by atoms with E-state index in [2.05, 4.69) is 45.7 Å². The number of aromatic nitrogens is 4. The van der Waals surface area contributed by atoms with Gasteiger partial charge in [-0.15, -0.1) is 9.89 Å². The first-order chi connectivity index (χ1) is 14.9. The first kappa shape index (κ1) is 22.2. The SMILES string of the molecule is Cc1cc2ncccc2cc1/N=C1/C(C(C)(C)C)=Nn2nc(C(C)CNS(C)(=O)=O)nc21. The lowest BCUT2D eigenvalue weighted by Crippen LogP contribution is -2.28. The second-order valence-electron chi connectivity index (χ2n) is 9.20. The van der Waals surface area contributed by atoms with Gasteiger partial charge in [0.05, 0.1) is 23.2 Å². The van der Waals surface area contributed by atoms with Crippen LogP contribution < -0.4 is 4.72 Å². The third-order valence-electron chi connectivity index (χ3n) is 5.19. The number of rotatable bonds is 5. The van der Waals surface area contributed by atoms with E-state index >= 15 is 0 Å². The van der Waals surface area contributed by atoms with Crippen molar-refractivity contribution >= 4 is 38.0 Å². The molecule has 32 heavy (non-hydrogen) atoms. The summed E-state index contributed by atoms with van der Waals surface area (Å²) in [5.41, 5.74) is 3.94. The Morgan fingerprint density at radius 3 is 2.69 bits per heavy atom. The van der Waals surface area contributed by atoms with Crippen LogP contribution in [-0.2, 0) is 10.0 Å². The molecule has 0 saturated heterocycles. The number of aliphatic imine (C=N–C) groups is 1. The lowest BCUT2D eigenvalue weighted by atomic mass is 9.87. The monoisotopic (exact) mass is 453 g/mol. The van der Waals surface area contributed by atoms with Crippen molar-refractivity contribution in [3.63, 3.8) is 0 Å². The molecule has 3 aromatic rings. The largest absolute Gasteiger partial charge is 0.256 e. The van der Waals surface area contributed by atoms with Crippen LogP contribution in [0, 0.1) is 12.3 Å². The van der Waals surface area contributed by atoms with E-state index in [9.17, 15) is 8.42 Å². The molecule has 4 rings (SSSR count). The zero-order valence-corrected chi connectivity index (χ0v) is 19.9. The summed E-state index contributed by atoms with van der Waals surface area (Å²) in [4.78, 5) is 15.6. The van der Waals surface area contributed by atoms with Gasteiger partial charge in [-0.25, -0.2) is 23.1 Å². The van der Waals surface area contributed by atoms with Crippen LogP contribution in [0.15, 0.2) is 40.6 Å². The fourth-order valence-corrected chi connectivity index (χ4v) is 3.98. The molecular formula is C22H27N7O2S. The van der Waals surface area contributed by atoms with Crippen LogP contribution in [-0.4, -0.2) is 52.5 Å². The summed E-state index contributed by atoms with van der Waals surface area (Å²) in [5.74, 6) is 0.854. The summed E-state index contributed by atoms with van der Waals surface area (Å²) in [6.07, 6.45) is 2.91. The summed E-state index contributed by atoms with van der Waals surface area (Å²) < 4.78 is 25.4. The molecule has 1 aliphatic heterocycles. The van der Waals surface area contributed by atoms with Gasteiger partial charge in [-0.2, -0.15) is 5.10 Å². The van der Waals surface area contributed by atoms with Crippen molar-refractivity contribution in [3.8, 4) is 0 Å². The van der Waals surface area contributed by atoms with Crippen LogP contribution in [0.2, 0.25) is 0 Å². The second-order valence-corrected chi connectivity index (χ2v) is 11.0. The average Bonchev–Trinajstić information content (AvgIpc) is 3.25. The lowest BCUT2D eigenvalue weighted by molar-refractivity contribution is 0.573. The van der Waals surface area contributed by atoms with E-state index in [-0.39, 0.29) is 17.9 Å². The van der Waals surface area contributed by atoms with Gasteiger partial charge in [0, 0.05) is 29.5 Å². The molecule has 0 saturated carbocycles. The number of aryl methyl sites for hydroxylation is 1. The van der Waals surface area contributed by atoms with Gasteiger partial charge >= 0.3 is 0 Å². The number of nitrogens with zero attached hydrogens (tertiary/aromatic N) is 6. The van der Waals surface area contributed by atoms with Crippen LogP contribution in [0.3, 0.4) is 0 Å². The Morgan fingerprint density at radius 2 is 2.00 bits per heavy atom. The molecule has 9 nitrogen and oxygen atoms in total. The summed E-state index contributed by atoms with van der Waals surface area (Å²) in [5, 5.41) is 10.2. The van der Waals surface area contributed by atoms with Gasteiger partial charge in [-0.1, -0.05) is 33.8 Å². The van der Waals surface area contributed by atoms with E-state index in [1.54, 1.807) is 6.20 Å². The van der Waals surface area contributed by atoms with E-state index in [4.69, 9.17) is 4.99 Å². The van der Waals surface area contributed by atoms with Crippen molar-refractivity contribution in [1.82, 2.24) is 24.6 Å². The summed E-state index contributed by atoms with van der Waals surface area (Å²) >= 11 is 0. The molecule has 0 amide bonds. The van der Waals surface area contributed by atoms with Crippen LogP contribution in [0.5, 0.6) is 0 Å². The molecule has 2 aromatic heterocycles. The quantitative estimate of drug-likeness (QED) is 0.637. The number of nitrogens with one attached hydrogen (secondary N) is 1. The van der Waals surface area contributed by atoms with Crippen LogP contribution >= 0.6 is 0 Å². The van der Waals surface area contributed by atoms with Gasteiger partial charge in [0.2, 0.25) is 15.8 Å². The van der Waals surface area contributed by atoms with Crippen molar-refractivity contribution in [2.24, 2.45) is 15.5 Å². The predicted molar refractivity (Wildman–Crippen MR) is 126 cm³/mol. The minimum Gasteiger partial charge on any atom is -0.256 e. The van der Waals surface area contributed by atoms with Crippen molar-refractivity contribution in [2.75, 3.05) is 12.8 Å². The zero-order valence-electron chi connectivity index (χ0n) is 19.1. The fourth-order valence-electron chi connectivity index (χ4n) is 3.42. The van der Waals surface area contributed by atoms with Crippen LogP contribution in [0.4, 0.5) is 5.69 Å². The van der Waals surface area contributed by atoms with Crippen molar-refractivity contribution < 1.29 is 8.42 Å². The van der Waals surface area contributed by atoms with Crippen molar-refractivity contribution in [3.05, 3.63) is 47.7 Å². The highest BCUT2D eigenvalue weighted by Crippen LogP contribution is 2.30. The van der Waals surface area contributed by atoms with E-state index in [1.165, 1.54) is 4.79 Å². The maximum absolute atomic E-state index is 11.4. The third kappa shape index (κ3) is 4.46. The Balaban J connectivity index is 1.78. The van der Waals surface area contributed by atoms with Crippen molar-refractivity contribution in [2.45, 2.75) is 40.5 Å². The predicted octanol–water partition coefficient (Wildman–Crippen LogP) is 3.17. The molecule has 1 aromatic carbocycles. The summed E-state index contributed by atoms with van der Waals surface area (Å²) in [6, 6.07) is 7.95. The first-order valence-electron chi connectivity index (χ1n) is 10.4. The molecule has 168 valence electrons. The maximum Gasteiger partial charge on any atom is 0.208 e. The Labute approximate surface area is 187 Å². The van der Waals surface area contributed by atoms with E-state index < -0.39 is 10.0 Å². The molecule has 1 atom stereocenters. The number of pyridine rings is 1. The molecule has 1 unspecified atom stereocenters. The normalized spacial score (nSPS) is 16.4. The Kier molecular flexibility index (Phi) is 5.46. The van der Waals surface area contributed by atoms with Crippen LogP contribution in [0.25, 0.3) is 10.9 Å². The number of hydrogen-bond acceptors (Lipinski definition) is 7. The zero-order chi connectivity index (χ0) is 23.3.